The molecular formula is C19H15BrClNO2S2. The number of carbonyl (C=O) groups excluding carboxylic acids is 1. The zero-order chi connectivity index (χ0) is 18.7. The number of nitrogens with zero attached hydrogens (tertiary/aromatic N) is 1. The summed E-state index contributed by atoms with van der Waals surface area (Å²) < 4.78 is 7.45. The van der Waals surface area contributed by atoms with Crippen LogP contribution in [0, 0.1) is 0 Å². The van der Waals surface area contributed by atoms with Gasteiger partial charge in [0, 0.05) is 27.2 Å². The minimum absolute atomic E-state index is 0.0699. The Morgan fingerprint density at radius 2 is 2.08 bits per heavy atom. The molecule has 1 aliphatic heterocycles. The van der Waals surface area contributed by atoms with Gasteiger partial charge in [0.2, 0.25) is 0 Å². The molecule has 3 rings (SSSR count). The minimum Gasteiger partial charge on any atom is -0.488 e. The van der Waals surface area contributed by atoms with Gasteiger partial charge in [0.15, 0.2) is 0 Å². The first kappa shape index (κ1) is 19.4. The number of benzene rings is 2. The summed E-state index contributed by atoms with van der Waals surface area (Å²) in [5.41, 5.74) is 1.71. The van der Waals surface area contributed by atoms with Crippen molar-refractivity contribution in [3.05, 3.63) is 68.0 Å². The highest BCUT2D eigenvalue weighted by Crippen LogP contribution is 2.35. The molecule has 0 spiro atoms. The van der Waals surface area contributed by atoms with Crippen molar-refractivity contribution in [2.75, 3.05) is 6.54 Å². The van der Waals surface area contributed by atoms with E-state index in [4.69, 9.17) is 28.6 Å². The average molecular weight is 469 g/mol. The summed E-state index contributed by atoms with van der Waals surface area (Å²) in [6.45, 7) is 2.82. The van der Waals surface area contributed by atoms with Crippen molar-refractivity contribution in [2.24, 2.45) is 0 Å². The molecule has 0 saturated carbocycles. The van der Waals surface area contributed by atoms with E-state index in [1.807, 2.05) is 55.5 Å². The molecule has 0 bridgehead atoms. The molecule has 0 radical (unpaired) electrons. The Bertz CT molecular complexity index is 901. The van der Waals surface area contributed by atoms with Gasteiger partial charge < -0.3 is 4.74 Å². The molecule has 1 aliphatic rings. The second-order valence-electron chi connectivity index (χ2n) is 5.49. The molecule has 1 heterocycles. The molecule has 1 saturated heterocycles. The van der Waals surface area contributed by atoms with E-state index in [-0.39, 0.29) is 5.91 Å². The van der Waals surface area contributed by atoms with Crippen LogP contribution in [-0.4, -0.2) is 21.7 Å². The molecule has 0 aliphatic carbocycles. The van der Waals surface area contributed by atoms with Crippen molar-refractivity contribution in [2.45, 2.75) is 13.5 Å². The lowest BCUT2D eigenvalue weighted by Gasteiger charge is -2.12. The molecule has 2 aromatic rings. The zero-order valence-corrected chi connectivity index (χ0v) is 17.8. The standard InChI is InChI=1S/C19H15BrClNO2S2/c1-2-22-18(23)17(26-19(22)25)10-13-9-14(20)7-8-16(13)24-11-12-5-3-4-6-15(12)21/h3-10H,2,11H2,1H3. The fraction of sp³-hybridized carbons (Fsp3) is 0.158. The fourth-order valence-electron chi connectivity index (χ4n) is 2.45. The van der Waals surface area contributed by atoms with E-state index in [2.05, 4.69) is 15.9 Å². The van der Waals surface area contributed by atoms with Crippen LogP contribution in [0.25, 0.3) is 6.08 Å². The number of hydrogen-bond donors (Lipinski definition) is 0. The van der Waals surface area contributed by atoms with Crippen LogP contribution in [0.5, 0.6) is 5.75 Å². The van der Waals surface area contributed by atoms with Crippen molar-refractivity contribution in [3.63, 3.8) is 0 Å². The summed E-state index contributed by atoms with van der Waals surface area (Å²) >= 11 is 16.2. The van der Waals surface area contributed by atoms with E-state index in [0.717, 1.165) is 15.6 Å². The highest BCUT2D eigenvalue weighted by molar-refractivity contribution is 9.10. The van der Waals surface area contributed by atoms with E-state index in [0.29, 0.717) is 33.1 Å². The third-order valence-corrected chi connectivity index (χ3v) is 6.03. The van der Waals surface area contributed by atoms with E-state index < -0.39 is 0 Å². The van der Waals surface area contributed by atoms with Crippen molar-refractivity contribution < 1.29 is 9.53 Å². The maximum Gasteiger partial charge on any atom is 0.266 e. The zero-order valence-electron chi connectivity index (χ0n) is 13.9. The lowest BCUT2D eigenvalue weighted by Crippen LogP contribution is -2.27. The van der Waals surface area contributed by atoms with Crippen LogP contribution >= 0.6 is 51.5 Å². The van der Waals surface area contributed by atoms with Crippen LogP contribution in [-0.2, 0) is 11.4 Å². The molecule has 0 aromatic heterocycles. The SMILES string of the molecule is CCN1C(=O)C(=Cc2cc(Br)ccc2OCc2ccccc2Cl)SC1=S. The summed E-state index contributed by atoms with van der Waals surface area (Å²) in [5.74, 6) is 0.606. The number of hydrogen-bond acceptors (Lipinski definition) is 4. The molecular weight excluding hydrogens is 454 g/mol. The van der Waals surface area contributed by atoms with Gasteiger partial charge in [-0.25, -0.2) is 0 Å². The first-order valence-electron chi connectivity index (χ1n) is 7.90. The van der Waals surface area contributed by atoms with Crippen molar-refractivity contribution in [1.82, 2.24) is 4.90 Å². The van der Waals surface area contributed by atoms with Crippen LogP contribution < -0.4 is 4.74 Å². The highest BCUT2D eigenvalue weighted by Gasteiger charge is 2.30. The number of likely N-dealkylation sites (N-methyl/N-ethyl adjacent to an activating group) is 1. The lowest BCUT2D eigenvalue weighted by molar-refractivity contribution is -0.121. The van der Waals surface area contributed by atoms with E-state index in [1.165, 1.54) is 11.8 Å². The number of ether oxygens (including phenoxy) is 1. The van der Waals surface area contributed by atoms with Crippen LogP contribution in [0.15, 0.2) is 51.8 Å². The second kappa shape index (κ2) is 8.57. The Hall–Kier alpha value is -1.34. The molecule has 7 heteroatoms. The van der Waals surface area contributed by atoms with Crippen LogP contribution in [0.2, 0.25) is 5.02 Å². The predicted molar refractivity (Wildman–Crippen MR) is 115 cm³/mol. The minimum atomic E-state index is -0.0699. The average Bonchev–Trinajstić information content (AvgIpc) is 2.88. The summed E-state index contributed by atoms with van der Waals surface area (Å²) in [7, 11) is 0. The number of halogens is 2. The summed E-state index contributed by atoms with van der Waals surface area (Å²) in [6.07, 6.45) is 1.82. The summed E-state index contributed by atoms with van der Waals surface area (Å²) in [6, 6.07) is 13.2. The van der Waals surface area contributed by atoms with Crippen molar-refractivity contribution in [3.8, 4) is 5.75 Å². The van der Waals surface area contributed by atoms with E-state index >= 15 is 0 Å². The number of amides is 1. The Labute approximate surface area is 175 Å². The molecule has 134 valence electrons. The van der Waals surface area contributed by atoms with Crippen LogP contribution in [0.1, 0.15) is 18.1 Å². The van der Waals surface area contributed by atoms with Crippen molar-refractivity contribution in [1.29, 1.82) is 0 Å². The van der Waals surface area contributed by atoms with Gasteiger partial charge in [0.05, 0.1) is 4.91 Å². The Kier molecular flexibility index (Phi) is 6.40. The molecule has 2 aromatic carbocycles. The Morgan fingerprint density at radius 1 is 1.31 bits per heavy atom. The third kappa shape index (κ3) is 4.31. The molecule has 0 N–H and O–H groups in total. The maximum atomic E-state index is 12.5. The molecule has 0 atom stereocenters. The first-order chi connectivity index (χ1) is 12.5. The highest BCUT2D eigenvalue weighted by atomic mass is 79.9. The third-order valence-electron chi connectivity index (χ3n) is 3.79. The first-order valence-corrected chi connectivity index (χ1v) is 10.3. The monoisotopic (exact) mass is 467 g/mol. The number of thiocarbonyl (C=S) groups is 1. The lowest BCUT2D eigenvalue weighted by atomic mass is 10.1. The normalized spacial score (nSPS) is 15.8. The van der Waals surface area contributed by atoms with Gasteiger partial charge in [0.25, 0.3) is 5.91 Å². The topological polar surface area (TPSA) is 29.5 Å². The summed E-state index contributed by atoms with van der Waals surface area (Å²) in [4.78, 5) is 14.6. The number of thioether (sulfide) groups is 1. The van der Waals surface area contributed by atoms with Gasteiger partial charge in [-0.2, -0.15) is 0 Å². The summed E-state index contributed by atoms with van der Waals surface area (Å²) in [5, 5.41) is 0.662. The van der Waals surface area contributed by atoms with Crippen molar-refractivity contribution >= 4 is 67.8 Å². The Balaban J connectivity index is 1.87. The number of carbonyl (C=O) groups is 1. The molecule has 0 unspecified atom stereocenters. The molecule has 3 nitrogen and oxygen atoms in total. The van der Waals surface area contributed by atoms with E-state index in [1.54, 1.807) is 4.90 Å². The van der Waals surface area contributed by atoms with Gasteiger partial charge in [-0.15, -0.1) is 0 Å². The van der Waals surface area contributed by atoms with Gasteiger partial charge >= 0.3 is 0 Å². The Morgan fingerprint density at radius 3 is 2.77 bits per heavy atom. The second-order valence-corrected chi connectivity index (χ2v) is 8.49. The van der Waals surface area contributed by atoms with Gasteiger partial charge in [0.1, 0.15) is 16.7 Å². The van der Waals surface area contributed by atoms with Gasteiger partial charge in [-0.1, -0.05) is 69.7 Å². The van der Waals surface area contributed by atoms with E-state index in [9.17, 15) is 4.79 Å². The largest absolute Gasteiger partial charge is 0.488 e. The molecule has 1 amide bonds. The number of rotatable bonds is 5. The van der Waals surface area contributed by atoms with Crippen LogP contribution in [0.3, 0.4) is 0 Å². The maximum absolute atomic E-state index is 12.5. The van der Waals surface area contributed by atoms with Gasteiger partial charge in [-0.05, 0) is 37.3 Å². The fourth-order valence-corrected chi connectivity index (χ4v) is 4.39. The quantitative estimate of drug-likeness (QED) is 0.403. The van der Waals surface area contributed by atoms with Crippen LogP contribution in [0.4, 0.5) is 0 Å². The smallest absolute Gasteiger partial charge is 0.266 e. The molecule has 1 fully saturated rings. The van der Waals surface area contributed by atoms with Gasteiger partial charge in [-0.3, -0.25) is 9.69 Å². The molecule has 26 heavy (non-hydrogen) atoms. The predicted octanol–water partition coefficient (Wildman–Crippen LogP) is 5.90.